The first kappa shape index (κ1) is 16.9. The molecule has 3 atom stereocenters. The smallest absolute Gasteiger partial charge is 0.224 e. The van der Waals surface area contributed by atoms with Gasteiger partial charge in [0.1, 0.15) is 12.7 Å². The molecule has 0 unspecified atom stereocenters. The number of nitrogens with one attached hydrogen (secondary N) is 1. The van der Waals surface area contributed by atoms with E-state index in [1.54, 1.807) is 11.0 Å². The number of aryl methyl sites for hydroxylation is 1. The number of likely N-dealkylation sites (tertiary alicyclic amines) is 1. The van der Waals surface area contributed by atoms with E-state index >= 15 is 0 Å². The highest BCUT2D eigenvalue weighted by Gasteiger charge is 2.46. The van der Waals surface area contributed by atoms with Gasteiger partial charge in [0.25, 0.3) is 0 Å². The third-order valence-corrected chi connectivity index (χ3v) is 5.05. The van der Waals surface area contributed by atoms with Gasteiger partial charge in [-0.25, -0.2) is 4.98 Å². The molecule has 0 radical (unpaired) electrons. The third kappa shape index (κ3) is 3.16. The Hall–Kier alpha value is -1.92. The molecular formula is C17H22ClN5O. The Bertz CT molecular complexity index is 663. The molecule has 1 aromatic carbocycles. The lowest BCUT2D eigenvalue weighted by Gasteiger charge is -2.28. The molecule has 24 heavy (non-hydrogen) atoms. The van der Waals surface area contributed by atoms with Gasteiger partial charge < -0.3 is 10.2 Å². The van der Waals surface area contributed by atoms with Gasteiger partial charge in [0.2, 0.25) is 5.91 Å². The zero-order valence-corrected chi connectivity index (χ0v) is 14.2. The molecule has 7 heteroatoms. The Morgan fingerprint density at radius 3 is 2.83 bits per heavy atom. The number of hydrogen-bond acceptors (Lipinski definition) is 4. The van der Waals surface area contributed by atoms with Crippen LogP contribution in [0.25, 0.3) is 0 Å². The number of rotatable bonds is 4. The average Bonchev–Trinajstić information content (AvgIpc) is 3.29. The summed E-state index contributed by atoms with van der Waals surface area (Å²) in [6.07, 6.45) is 3.63. The van der Waals surface area contributed by atoms with Gasteiger partial charge in [0.05, 0.1) is 12.6 Å². The van der Waals surface area contributed by atoms with Crippen molar-refractivity contribution in [3.05, 3.63) is 48.5 Å². The minimum absolute atomic E-state index is 0. The number of benzene rings is 1. The maximum Gasteiger partial charge on any atom is 0.224 e. The van der Waals surface area contributed by atoms with Crippen LogP contribution in [0.5, 0.6) is 0 Å². The zero-order valence-electron chi connectivity index (χ0n) is 13.4. The van der Waals surface area contributed by atoms with Crippen LogP contribution in [0.4, 0.5) is 0 Å². The summed E-state index contributed by atoms with van der Waals surface area (Å²) in [5, 5.41) is 7.55. The standard InChI is InChI=1S/C17H21N5O.ClH/c23-16(6-7-21-12-19-11-20-21)22-10-14-8-18-9-15(14)17(22)13-4-2-1-3-5-13;/h1-5,11-12,14-15,17-18H,6-10H2;1H/t14-,15-,17+;/m0./s1. The van der Waals surface area contributed by atoms with Gasteiger partial charge in [0.15, 0.2) is 0 Å². The molecular weight excluding hydrogens is 326 g/mol. The number of hydrogen-bond donors (Lipinski definition) is 1. The Morgan fingerprint density at radius 1 is 1.25 bits per heavy atom. The van der Waals surface area contributed by atoms with Gasteiger partial charge in [-0.05, 0) is 11.5 Å². The van der Waals surface area contributed by atoms with Crippen molar-refractivity contribution in [3.8, 4) is 0 Å². The fourth-order valence-corrected chi connectivity index (χ4v) is 3.96. The normalized spacial score (nSPS) is 25.3. The van der Waals surface area contributed by atoms with Crippen molar-refractivity contribution in [2.24, 2.45) is 11.8 Å². The van der Waals surface area contributed by atoms with Crippen LogP contribution in [0.3, 0.4) is 0 Å². The number of aromatic nitrogens is 3. The van der Waals surface area contributed by atoms with E-state index in [0.29, 0.717) is 24.8 Å². The Balaban J connectivity index is 0.00000169. The highest BCUT2D eigenvalue weighted by atomic mass is 35.5. The molecule has 2 aromatic rings. The first-order valence-corrected chi connectivity index (χ1v) is 8.20. The summed E-state index contributed by atoms with van der Waals surface area (Å²) in [7, 11) is 0. The summed E-state index contributed by atoms with van der Waals surface area (Å²) >= 11 is 0. The fourth-order valence-electron chi connectivity index (χ4n) is 3.96. The Labute approximate surface area is 147 Å². The summed E-state index contributed by atoms with van der Waals surface area (Å²) in [4.78, 5) is 18.8. The molecule has 1 amide bonds. The number of carbonyl (C=O) groups is 1. The van der Waals surface area contributed by atoms with E-state index in [2.05, 4.69) is 44.6 Å². The van der Waals surface area contributed by atoms with E-state index in [9.17, 15) is 4.79 Å². The molecule has 0 aliphatic carbocycles. The van der Waals surface area contributed by atoms with Gasteiger partial charge >= 0.3 is 0 Å². The second-order valence-corrected chi connectivity index (χ2v) is 6.39. The average molecular weight is 348 g/mol. The van der Waals surface area contributed by atoms with Crippen LogP contribution in [-0.4, -0.2) is 45.2 Å². The van der Waals surface area contributed by atoms with Crippen LogP contribution in [-0.2, 0) is 11.3 Å². The number of carbonyl (C=O) groups excluding carboxylic acids is 1. The van der Waals surface area contributed by atoms with Crippen LogP contribution in [0.2, 0.25) is 0 Å². The van der Waals surface area contributed by atoms with Crippen molar-refractivity contribution in [1.82, 2.24) is 25.0 Å². The van der Waals surface area contributed by atoms with Crippen molar-refractivity contribution < 1.29 is 4.79 Å². The maximum absolute atomic E-state index is 12.8. The molecule has 128 valence electrons. The van der Waals surface area contributed by atoms with E-state index in [0.717, 1.165) is 19.6 Å². The second-order valence-electron chi connectivity index (χ2n) is 6.39. The lowest BCUT2D eigenvalue weighted by Crippen LogP contribution is -2.35. The first-order chi connectivity index (χ1) is 11.3. The van der Waals surface area contributed by atoms with Crippen LogP contribution < -0.4 is 5.32 Å². The van der Waals surface area contributed by atoms with Crippen molar-refractivity contribution in [2.75, 3.05) is 19.6 Å². The van der Waals surface area contributed by atoms with Gasteiger partial charge in [-0.3, -0.25) is 9.48 Å². The summed E-state index contributed by atoms with van der Waals surface area (Å²) in [6.45, 7) is 3.45. The third-order valence-electron chi connectivity index (χ3n) is 5.05. The molecule has 2 saturated heterocycles. The first-order valence-electron chi connectivity index (χ1n) is 8.20. The van der Waals surface area contributed by atoms with Crippen molar-refractivity contribution in [3.63, 3.8) is 0 Å². The van der Waals surface area contributed by atoms with Crippen LogP contribution >= 0.6 is 12.4 Å². The van der Waals surface area contributed by atoms with Crippen LogP contribution in [0.15, 0.2) is 43.0 Å². The molecule has 1 aromatic heterocycles. The van der Waals surface area contributed by atoms with E-state index in [1.165, 1.54) is 11.9 Å². The molecule has 1 N–H and O–H groups in total. The maximum atomic E-state index is 12.8. The van der Waals surface area contributed by atoms with E-state index in [4.69, 9.17) is 0 Å². The predicted molar refractivity (Wildman–Crippen MR) is 92.6 cm³/mol. The molecule has 4 rings (SSSR count). The minimum Gasteiger partial charge on any atom is -0.335 e. The zero-order chi connectivity index (χ0) is 15.6. The summed E-state index contributed by atoms with van der Waals surface area (Å²) in [5.74, 6) is 1.30. The quantitative estimate of drug-likeness (QED) is 0.910. The van der Waals surface area contributed by atoms with Gasteiger partial charge in [-0.1, -0.05) is 30.3 Å². The van der Waals surface area contributed by atoms with E-state index in [1.807, 2.05) is 6.07 Å². The monoisotopic (exact) mass is 347 g/mol. The summed E-state index contributed by atoms with van der Waals surface area (Å²) in [5.41, 5.74) is 1.25. The second kappa shape index (κ2) is 7.32. The summed E-state index contributed by atoms with van der Waals surface area (Å²) < 4.78 is 1.72. The largest absolute Gasteiger partial charge is 0.335 e. The molecule has 3 heterocycles. The Morgan fingerprint density at radius 2 is 2.08 bits per heavy atom. The predicted octanol–water partition coefficient (Wildman–Crippen LogP) is 1.51. The SMILES string of the molecule is Cl.O=C(CCn1cncn1)N1C[C@@H]2CNC[C@@H]2[C@H]1c1ccccc1. The molecule has 2 aliphatic heterocycles. The highest BCUT2D eigenvalue weighted by Crippen LogP contribution is 2.42. The molecule has 0 saturated carbocycles. The van der Waals surface area contributed by atoms with Gasteiger partial charge in [-0.15, -0.1) is 12.4 Å². The molecule has 0 bridgehead atoms. The summed E-state index contributed by atoms with van der Waals surface area (Å²) in [6, 6.07) is 10.6. The van der Waals surface area contributed by atoms with E-state index in [-0.39, 0.29) is 24.4 Å². The van der Waals surface area contributed by atoms with Crippen molar-refractivity contribution in [2.45, 2.75) is 19.0 Å². The highest BCUT2D eigenvalue weighted by molar-refractivity contribution is 5.85. The minimum atomic E-state index is 0. The van der Waals surface area contributed by atoms with Gasteiger partial charge in [0, 0.05) is 32.0 Å². The lowest BCUT2D eigenvalue weighted by atomic mass is 9.89. The molecule has 6 nitrogen and oxygen atoms in total. The molecule has 2 aliphatic rings. The van der Waals surface area contributed by atoms with Crippen LogP contribution in [0, 0.1) is 11.8 Å². The number of nitrogens with zero attached hydrogens (tertiary/aromatic N) is 4. The number of amides is 1. The van der Waals surface area contributed by atoms with Crippen molar-refractivity contribution in [1.29, 1.82) is 0 Å². The number of fused-ring (bicyclic) bond motifs is 1. The van der Waals surface area contributed by atoms with Crippen molar-refractivity contribution >= 4 is 18.3 Å². The topological polar surface area (TPSA) is 63.1 Å². The molecule has 0 spiro atoms. The van der Waals surface area contributed by atoms with Gasteiger partial charge in [-0.2, -0.15) is 5.10 Å². The Kier molecular flexibility index (Phi) is 5.16. The fraction of sp³-hybridized carbons (Fsp3) is 0.471. The number of halogens is 1. The molecule has 2 fully saturated rings. The lowest BCUT2D eigenvalue weighted by molar-refractivity contribution is -0.133. The van der Waals surface area contributed by atoms with Crippen LogP contribution in [0.1, 0.15) is 18.0 Å². The van der Waals surface area contributed by atoms with E-state index < -0.39 is 0 Å².